The standard InChI is InChI=1S/C13H19N3O2/c14-7-10-5-12(16)13(6-11(10)15)18-8-9-1-3-17-4-2-9/h5-7,9,14H,1-4,8,15-16H2. The number of hydrogen-bond acceptors (Lipinski definition) is 5. The molecule has 0 unspecified atom stereocenters. The minimum atomic E-state index is 0.515. The topological polar surface area (TPSA) is 94.4 Å². The average Bonchev–Trinajstić information content (AvgIpc) is 2.40. The molecular formula is C13H19N3O2. The van der Waals surface area contributed by atoms with Gasteiger partial charge in [0.2, 0.25) is 0 Å². The zero-order chi connectivity index (χ0) is 13.0. The first-order valence-corrected chi connectivity index (χ1v) is 6.10. The summed E-state index contributed by atoms with van der Waals surface area (Å²) in [7, 11) is 0. The second kappa shape index (κ2) is 5.73. The first-order chi connectivity index (χ1) is 8.70. The van der Waals surface area contributed by atoms with Crippen molar-refractivity contribution in [3.63, 3.8) is 0 Å². The van der Waals surface area contributed by atoms with Crippen LogP contribution in [0.15, 0.2) is 12.1 Å². The lowest BCUT2D eigenvalue weighted by molar-refractivity contribution is 0.0499. The first kappa shape index (κ1) is 12.7. The van der Waals surface area contributed by atoms with Crippen molar-refractivity contribution in [3.8, 4) is 5.75 Å². The van der Waals surface area contributed by atoms with Gasteiger partial charge in [-0.05, 0) is 24.8 Å². The van der Waals surface area contributed by atoms with Gasteiger partial charge >= 0.3 is 0 Å². The van der Waals surface area contributed by atoms with E-state index < -0.39 is 0 Å². The highest BCUT2D eigenvalue weighted by Crippen LogP contribution is 2.28. The summed E-state index contributed by atoms with van der Waals surface area (Å²) in [6.07, 6.45) is 3.23. The third-order valence-electron chi connectivity index (χ3n) is 3.19. The van der Waals surface area contributed by atoms with Gasteiger partial charge in [0.1, 0.15) is 5.75 Å². The minimum absolute atomic E-state index is 0.515. The molecule has 1 fully saturated rings. The van der Waals surface area contributed by atoms with E-state index in [4.69, 9.17) is 26.4 Å². The van der Waals surface area contributed by atoms with E-state index in [1.54, 1.807) is 12.1 Å². The van der Waals surface area contributed by atoms with Crippen LogP contribution in [0.3, 0.4) is 0 Å². The van der Waals surface area contributed by atoms with E-state index in [1.165, 1.54) is 6.21 Å². The van der Waals surface area contributed by atoms with Crippen LogP contribution in [-0.2, 0) is 4.74 Å². The monoisotopic (exact) mass is 249 g/mol. The third-order valence-corrected chi connectivity index (χ3v) is 3.19. The van der Waals surface area contributed by atoms with Crippen LogP contribution in [0.4, 0.5) is 11.4 Å². The van der Waals surface area contributed by atoms with Crippen LogP contribution in [0, 0.1) is 11.3 Å². The van der Waals surface area contributed by atoms with Gasteiger partial charge in [0.25, 0.3) is 0 Å². The summed E-state index contributed by atoms with van der Waals surface area (Å²) in [5.41, 5.74) is 13.3. The predicted octanol–water partition coefficient (Wildman–Crippen LogP) is 1.65. The average molecular weight is 249 g/mol. The Bertz CT molecular complexity index is 428. The lowest BCUT2D eigenvalue weighted by atomic mass is 10.0. The Morgan fingerprint density at radius 3 is 2.67 bits per heavy atom. The Morgan fingerprint density at radius 1 is 1.28 bits per heavy atom. The van der Waals surface area contributed by atoms with Crippen molar-refractivity contribution in [3.05, 3.63) is 17.7 Å². The van der Waals surface area contributed by atoms with Crippen molar-refractivity contribution >= 4 is 17.6 Å². The number of nitrogens with one attached hydrogen (secondary N) is 1. The maximum Gasteiger partial charge on any atom is 0.144 e. The molecule has 1 aromatic carbocycles. The molecule has 18 heavy (non-hydrogen) atoms. The number of rotatable bonds is 4. The molecule has 98 valence electrons. The molecule has 0 spiro atoms. The van der Waals surface area contributed by atoms with E-state index in [0.717, 1.165) is 26.1 Å². The Labute approximate surface area is 107 Å². The molecule has 1 aliphatic rings. The maximum absolute atomic E-state index is 7.20. The smallest absolute Gasteiger partial charge is 0.144 e. The Hall–Kier alpha value is -1.75. The molecule has 5 N–H and O–H groups in total. The number of hydrogen-bond donors (Lipinski definition) is 3. The molecular weight excluding hydrogens is 230 g/mol. The maximum atomic E-state index is 7.20. The number of anilines is 2. The molecule has 0 bridgehead atoms. The molecule has 5 heteroatoms. The molecule has 1 saturated heterocycles. The molecule has 1 heterocycles. The Balaban J connectivity index is 2.00. The summed E-state index contributed by atoms with van der Waals surface area (Å²) >= 11 is 0. The van der Waals surface area contributed by atoms with Crippen molar-refractivity contribution in [2.45, 2.75) is 12.8 Å². The normalized spacial score (nSPS) is 16.4. The lowest BCUT2D eigenvalue weighted by Crippen LogP contribution is -2.21. The van der Waals surface area contributed by atoms with Gasteiger partial charge in [-0.2, -0.15) is 0 Å². The van der Waals surface area contributed by atoms with Crippen molar-refractivity contribution in [1.82, 2.24) is 0 Å². The van der Waals surface area contributed by atoms with E-state index in [0.29, 0.717) is 35.2 Å². The summed E-state index contributed by atoms with van der Waals surface area (Å²) in [6.45, 7) is 2.24. The summed E-state index contributed by atoms with van der Waals surface area (Å²) in [4.78, 5) is 0. The quantitative estimate of drug-likeness (QED) is 0.558. The zero-order valence-electron chi connectivity index (χ0n) is 10.3. The molecule has 0 atom stereocenters. The van der Waals surface area contributed by atoms with Gasteiger partial charge in [-0.3, -0.25) is 0 Å². The van der Waals surface area contributed by atoms with Gasteiger partial charge in [0.05, 0.1) is 12.3 Å². The number of nitrogen functional groups attached to an aromatic ring is 2. The van der Waals surface area contributed by atoms with E-state index in [1.807, 2.05) is 0 Å². The SMILES string of the molecule is N=Cc1cc(N)c(OCC2CCOCC2)cc1N. The summed E-state index contributed by atoms with van der Waals surface area (Å²) in [5.74, 6) is 1.12. The molecule has 5 nitrogen and oxygen atoms in total. The van der Waals surface area contributed by atoms with Gasteiger partial charge in [0, 0.05) is 36.7 Å². The molecule has 0 amide bonds. The van der Waals surface area contributed by atoms with E-state index in [-0.39, 0.29) is 0 Å². The van der Waals surface area contributed by atoms with Gasteiger partial charge in [-0.15, -0.1) is 0 Å². The molecule has 0 radical (unpaired) electrons. The van der Waals surface area contributed by atoms with Gasteiger partial charge < -0.3 is 26.4 Å². The molecule has 0 aromatic heterocycles. The van der Waals surface area contributed by atoms with Crippen molar-refractivity contribution in [1.29, 1.82) is 5.41 Å². The number of nitrogens with two attached hydrogens (primary N) is 2. The van der Waals surface area contributed by atoms with Crippen LogP contribution in [0.25, 0.3) is 0 Å². The second-order valence-electron chi connectivity index (χ2n) is 4.53. The first-order valence-electron chi connectivity index (χ1n) is 6.10. The molecule has 2 rings (SSSR count). The second-order valence-corrected chi connectivity index (χ2v) is 4.53. The van der Waals surface area contributed by atoms with Gasteiger partial charge in [-0.25, -0.2) is 0 Å². The van der Waals surface area contributed by atoms with Gasteiger partial charge in [-0.1, -0.05) is 0 Å². The molecule has 1 aromatic rings. The Morgan fingerprint density at radius 2 is 2.00 bits per heavy atom. The molecule has 1 aliphatic heterocycles. The van der Waals surface area contributed by atoms with E-state index >= 15 is 0 Å². The van der Waals surface area contributed by atoms with Crippen LogP contribution in [0.2, 0.25) is 0 Å². The molecule has 0 saturated carbocycles. The zero-order valence-corrected chi connectivity index (χ0v) is 10.3. The van der Waals surface area contributed by atoms with Crippen molar-refractivity contribution < 1.29 is 9.47 Å². The lowest BCUT2D eigenvalue weighted by Gasteiger charge is -2.22. The summed E-state index contributed by atoms with van der Waals surface area (Å²) in [5, 5.41) is 7.20. The number of ether oxygens (including phenoxy) is 2. The van der Waals surface area contributed by atoms with E-state index in [2.05, 4.69) is 0 Å². The predicted molar refractivity (Wildman–Crippen MR) is 72.2 cm³/mol. The fourth-order valence-electron chi connectivity index (χ4n) is 2.00. The third kappa shape index (κ3) is 2.92. The molecule has 0 aliphatic carbocycles. The van der Waals surface area contributed by atoms with Crippen LogP contribution < -0.4 is 16.2 Å². The highest BCUT2D eigenvalue weighted by atomic mass is 16.5. The van der Waals surface area contributed by atoms with Crippen LogP contribution in [0.5, 0.6) is 5.75 Å². The Kier molecular flexibility index (Phi) is 4.04. The largest absolute Gasteiger partial charge is 0.491 e. The van der Waals surface area contributed by atoms with E-state index in [9.17, 15) is 0 Å². The van der Waals surface area contributed by atoms with Crippen LogP contribution >= 0.6 is 0 Å². The summed E-state index contributed by atoms with van der Waals surface area (Å²) in [6, 6.07) is 3.36. The highest BCUT2D eigenvalue weighted by molar-refractivity contribution is 5.87. The number of benzene rings is 1. The van der Waals surface area contributed by atoms with Crippen LogP contribution in [0.1, 0.15) is 18.4 Å². The van der Waals surface area contributed by atoms with Crippen molar-refractivity contribution in [2.24, 2.45) is 5.92 Å². The van der Waals surface area contributed by atoms with Crippen LogP contribution in [-0.4, -0.2) is 26.0 Å². The summed E-state index contributed by atoms with van der Waals surface area (Å²) < 4.78 is 11.0. The van der Waals surface area contributed by atoms with Crippen molar-refractivity contribution in [2.75, 3.05) is 31.3 Å². The fraction of sp³-hybridized carbons (Fsp3) is 0.462. The highest BCUT2D eigenvalue weighted by Gasteiger charge is 2.15. The fourth-order valence-corrected chi connectivity index (χ4v) is 2.00. The van der Waals surface area contributed by atoms with Gasteiger partial charge in [0.15, 0.2) is 0 Å². The minimum Gasteiger partial charge on any atom is -0.491 e.